The Morgan fingerprint density at radius 2 is 1.52 bits per heavy atom. The predicted octanol–water partition coefficient (Wildman–Crippen LogP) is 7.49. The van der Waals surface area contributed by atoms with Crippen LogP contribution >= 0.6 is 0 Å². The molecule has 0 bridgehead atoms. The normalized spacial score (nSPS) is 31.3. The molecule has 0 aromatic heterocycles. The van der Waals surface area contributed by atoms with E-state index in [1.54, 1.807) is 0 Å². The molecule has 0 aliphatic heterocycles. The summed E-state index contributed by atoms with van der Waals surface area (Å²) in [7, 11) is -1.91. The Bertz CT molecular complexity index is 667. The molecule has 0 aromatic rings. The van der Waals surface area contributed by atoms with Gasteiger partial charge in [-0.25, -0.2) is 0 Å². The second kappa shape index (κ2) is 10.2. The summed E-state index contributed by atoms with van der Waals surface area (Å²) in [5.74, 6) is 0.257. The van der Waals surface area contributed by atoms with E-state index in [-0.39, 0.29) is 5.92 Å². The minimum absolute atomic E-state index is 0.257. The topological polar surface area (TPSA) is 33.0 Å². The summed E-state index contributed by atoms with van der Waals surface area (Å²) in [6.07, 6.45) is 13.9. The van der Waals surface area contributed by atoms with Gasteiger partial charge in [-0.15, -0.1) is 0 Å². The van der Waals surface area contributed by atoms with E-state index in [4.69, 9.17) is 4.43 Å². The molecular formula is C24H39NOSi. The summed E-state index contributed by atoms with van der Waals surface area (Å²) in [6, 6.07) is 2.60. The molecule has 0 aromatic carbocycles. The van der Waals surface area contributed by atoms with Crippen LogP contribution in [0.5, 0.6) is 0 Å². The van der Waals surface area contributed by atoms with Gasteiger partial charge in [0, 0.05) is 6.42 Å². The minimum Gasteiger partial charge on any atom is -0.396 e. The van der Waals surface area contributed by atoms with Gasteiger partial charge in [0.2, 0.25) is 0 Å². The lowest BCUT2D eigenvalue weighted by molar-refractivity contribution is 0.147. The molecule has 27 heavy (non-hydrogen) atoms. The molecule has 0 saturated heterocycles. The largest absolute Gasteiger partial charge is 0.396 e. The average Bonchev–Trinajstić information content (AvgIpc) is 2.52. The van der Waals surface area contributed by atoms with Crippen molar-refractivity contribution in [2.75, 3.05) is 0 Å². The molecule has 1 aliphatic carbocycles. The van der Waals surface area contributed by atoms with Crippen molar-refractivity contribution < 1.29 is 4.43 Å². The minimum atomic E-state index is -1.91. The van der Waals surface area contributed by atoms with E-state index >= 15 is 0 Å². The molecule has 0 saturated carbocycles. The number of nitrogens with zero attached hydrogens (tertiary/aromatic N) is 1. The molecule has 0 spiro atoms. The van der Waals surface area contributed by atoms with Crippen molar-refractivity contribution in [3.63, 3.8) is 0 Å². The van der Waals surface area contributed by atoms with Gasteiger partial charge in [-0.3, -0.25) is 0 Å². The van der Waals surface area contributed by atoms with Crippen molar-refractivity contribution >= 4 is 8.32 Å². The summed E-state index contributed by atoms with van der Waals surface area (Å²) in [6.45, 7) is 17.4. The molecule has 1 unspecified atom stereocenters. The molecule has 150 valence electrons. The fourth-order valence-corrected chi connectivity index (χ4v) is 4.90. The van der Waals surface area contributed by atoms with E-state index in [9.17, 15) is 5.26 Å². The summed E-state index contributed by atoms with van der Waals surface area (Å²) >= 11 is 0. The molecule has 0 amide bonds. The van der Waals surface area contributed by atoms with Crippen molar-refractivity contribution in [1.29, 1.82) is 5.26 Å². The first-order valence-corrected chi connectivity index (χ1v) is 13.7. The first-order chi connectivity index (χ1) is 12.5. The highest BCUT2D eigenvalue weighted by atomic mass is 28.4. The lowest BCUT2D eigenvalue weighted by atomic mass is 9.81. The van der Waals surface area contributed by atoms with E-state index in [2.05, 4.69) is 84.6 Å². The molecule has 0 N–H and O–H groups in total. The lowest BCUT2D eigenvalue weighted by Crippen LogP contribution is -2.44. The van der Waals surface area contributed by atoms with Crippen LogP contribution in [0.3, 0.4) is 0 Å². The van der Waals surface area contributed by atoms with Crippen LogP contribution < -0.4 is 0 Å². The van der Waals surface area contributed by atoms with E-state index in [0.29, 0.717) is 6.42 Å². The van der Waals surface area contributed by atoms with Gasteiger partial charge in [0.05, 0.1) is 0 Å². The van der Waals surface area contributed by atoms with Gasteiger partial charge >= 0.3 is 0 Å². The second-order valence-electron chi connectivity index (χ2n) is 9.30. The van der Waals surface area contributed by atoms with Crippen LogP contribution in [0.4, 0.5) is 0 Å². The number of hydrogen-bond donors (Lipinski definition) is 0. The van der Waals surface area contributed by atoms with Crippen LogP contribution in [0.15, 0.2) is 46.6 Å². The number of rotatable bonds is 3. The molecule has 0 heterocycles. The van der Waals surface area contributed by atoms with Gasteiger partial charge in [0.15, 0.2) is 13.9 Å². The van der Waals surface area contributed by atoms with E-state index in [1.165, 1.54) is 16.7 Å². The second-order valence-corrected chi connectivity index (χ2v) is 13.7. The van der Waals surface area contributed by atoms with Crippen LogP contribution in [0, 0.1) is 17.2 Å². The summed E-state index contributed by atoms with van der Waals surface area (Å²) in [4.78, 5) is 0. The quantitative estimate of drug-likeness (QED) is 0.372. The third kappa shape index (κ3) is 8.03. The maximum Gasteiger partial charge on any atom is 0.186 e. The standard InChI is InChI=1S/C24H39NOSi/c1-19(2)23-16-15-21(4)13-9-11-20(3)12-10-14-22(5)17-24(23,18-25)26-27(6,7)8/h11,14-16,19H,9-10,12-13,17H2,1-8H3/b20-11-,21-15-,22-14-,23-16-. The van der Waals surface area contributed by atoms with Gasteiger partial charge in [0.25, 0.3) is 0 Å². The highest BCUT2D eigenvalue weighted by Crippen LogP contribution is 2.36. The van der Waals surface area contributed by atoms with Crippen molar-refractivity contribution in [3.8, 4) is 6.07 Å². The fraction of sp³-hybridized carbons (Fsp3) is 0.625. The van der Waals surface area contributed by atoms with Crippen LogP contribution in [-0.4, -0.2) is 13.9 Å². The first kappa shape index (κ1) is 23.7. The van der Waals surface area contributed by atoms with Gasteiger partial charge in [-0.1, -0.05) is 54.9 Å². The molecule has 3 heteroatoms. The average molecular weight is 386 g/mol. The third-order valence-corrected chi connectivity index (χ3v) is 5.85. The van der Waals surface area contributed by atoms with Crippen LogP contribution in [0.25, 0.3) is 0 Å². The lowest BCUT2D eigenvalue weighted by Gasteiger charge is -2.37. The fourth-order valence-electron chi connectivity index (χ4n) is 3.61. The third-order valence-electron chi connectivity index (χ3n) is 4.89. The van der Waals surface area contributed by atoms with Crippen LogP contribution in [0.2, 0.25) is 19.6 Å². The number of hydrogen-bond acceptors (Lipinski definition) is 2. The summed E-state index contributed by atoms with van der Waals surface area (Å²) in [5.41, 5.74) is 4.27. The summed E-state index contributed by atoms with van der Waals surface area (Å²) < 4.78 is 6.60. The number of nitriles is 1. The van der Waals surface area contributed by atoms with Crippen LogP contribution in [-0.2, 0) is 4.43 Å². The van der Waals surface area contributed by atoms with Crippen molar-refractivity contribution in [3.05, 3.63) is 46.6 Å². The zero-order valence-electron chi connectivity index (χ0n) is 18.8. The summed E-state index contributed by atoms with van der Waals surface area (Å²) in [5, 5.41) is 10.3. The van der Waals surface area contributed by atoms with Crippen molar-refractivity contribution in [2.24, 2.45) is 5.92 Å². The van der Waals surface area contributed by atoms with Gasteiger partial charge in [0.1, 0.15) is 6.07 Å². The first-order valence-electron chi connectivity index (χ1n) is 10.3. The molecule has 2 nitrogen and oxygen atoms in total. The molecule has 1 atom stereocenters. The Morgan fingerprint density at radius 3 is 2.04 bits per heavy atom. The van der Waals surface area contributed by atoms with Crippen LogP contribution in [0.1, 0.15) is 66.7 Å². The monoisotopic (exact) mass is 385 g/mol. The molecule has 0 radical (unpaired) electrons. The highest BCUT2D eigenvalue weighted by molar-refractivity contribution is 6.69. The molecular weight excluding hydrogens is 346 g/mol. The van der Waals surface area contributed by atoms with E-state index < -0.39 is 13.9 Å². The van der Waals surface area contributed by atoms with Gasteiger partial charge < -0.3 is 4.43 Å². The number of allylic oxidation sites excluding steroid dienone is 6. The van der Waals surface area contributed by atoms with E-state index in [0.717, 1.165) is 31.3 Å². The SMILES string of the molecule is C/C1=C/C=C(/C(C)C)C(C#N)(O[Si](C)(C)C)C/C(C)=C\CC/C(C)=C\CC1. The molecule has 1 rings (SSSR count). The molecule has 1 aliphatic rings. The highest BCUT2D eigenvalue weighted by Gasteiger charge is 2.40. The van der Waals surface area contributed by atoms with Crippen molar-refractivity contribution in [2.45, 2.75) is 92.0 Å². The van der Waals surface area contributed by atoms with Gasteiger partial charge in [-0.2, -0.15) is 5.26 Å². The molecule has 0 fully saturated rings. The smallest absolute Gasteiger partial charge is 0.186 e. The maximum atomic E-state index is 10.3. The van der Waals surface area contributed by atoms with Crippen molar-refractivity contribution in [1.82, 2.24) is 0 Å². The Kier molecular flexibility index (Phi) is 8.98. The zero-order valence-corrected chi connectivity index (χ0v) is 19.8. The van der Waals surface area contributed by atoms with Gasteiger partial charge in [-0.05, 0) is 77.6 Å². The Balaban J connectivity index is 3.51. The predicted molar refractivity (Wildman–Crippen MR) is 120 cm³/mol. The Morgan fingerprint density at radius 1 is 0.963 bits per heavy atom. The zero-order chi connectivity index (χ0) is 20.7. The Hall–Kier alpha value is -1.37. The maximum absolute atomic E-state index is 10.3. The van der Waals surface area contributed by atoms with E-state index in [1.807, 2.05) is 0 Å². The Labute approximate surface area is 168 Å².